The number of fused-ring (bicyclic) bond motifs is 6. The molecule has 0 aromatic heterocycles. The van der Waals surface area contributed by atoms with Crippen LogP contribution in [0.15, 0.2) is 66.7 Å². The van der Waals surface area contributed by atoms with Gasteiger partial charge in [0.15, 0.2) is 5.60 Å². The third-order valence-corrected chi connectivity index (χ3v) is 6.18. The van der Waals surface area contributed by atoms with E-state index in [1.165, 1.54) is 27.5 Å². The summed E-state index contributed by atoms with van der Waals surface area (Å²) in [4.78, 5) is 0. The Balaban J connectivity index is 1.69. The van der Waals surface area contributed by atoms with E-state index in [9.17, 15) is 0 Å². The van der Waals surface area contributed by atoms with Gasteiger partial charge in [-0.05, 0) is 22.4 Å². The van der Waals surface area contributed by atoms with Crippen LogP contribution in [0.2, 0.25) is 0 Å². The van der Waals surface area contributed by atoms with Crippen LogP contribution < -0.4 is 4.74 Å². The van der Waals surface area contributed by atoms with Gasteiger partial charge in [-0.2, -0.15) is 0 Å². The zero-order valence-electron chi connectivity index (χ0n) is 12.9. The van der Waals surface area contributed by atoms with Gasteiger partial charge in [0, 0.05) is 22.5 Å². The van der Waals surface area contributed by atoms with Gasteiger partial charge in [0.1, 0.15) is 5.75 Å². The molecule has 110 valence electrons. The molecule has 3 aliphatic rings. The Kier molecular flexibility index (Phi) is 1.82. The van der Waals surface area contributed by atoms with E-state index in [1.54, 1.807) is 0 Å². The van der Waals surface area contributed by atoms with Crippen molar-refractivity contribution in [3.63, 3.8) is 0 Å². The van der Waals surface area contributed by atoms with Gasteiger partial charge in [0.25, 0.3) is 0 Å². The molecule has 1 spiro atoms. The van der Waals surface area contributed by atoms with Crippen molar-refractivity contribution in [2.24, 2.45) is 5.41 Å². The summed E-state index contributed by atoms with van der Waals surface area (Å²) in [5.74, 6) is 1.48. The molecule has 6 rings (SSSR count). The van der Waals surface area contributed by atoms with Crippen LogP contribution in [0.25, 0.3) is 16.8 Å². The Hall–Kier alpha value is -2.54. The zero-order valence-corrected chi connectivity index (χ0v) is 12.9. The van der Waals surface area contributed by atoms with Gasteiger partial charge in [0.05, 0.1) is 0 Å². The number of ether oxygens (including phenoxy) is 1. The summed E-state index contributed by atoms with van der Waals surface area (Å²) in [6.07, 6.45) is 4.64. The summed E-state index contributed by atoms with van der Waals surface area (Å²) in [6, 6.07) is 21.7. The molecule has 2 aliphatic carbocycles. The van der Waals surface area contributed by atoms with Gasteiger partial charge in [0.2, 0.25) is 0 Å². The van der Waals surface area contributed by atoms with Crippen molar-refractivity contribution in [3.05, 3.63) is 83.4 Å². The summed E-state index contributed by atoms with van der Waals surface area (Å²) in [5.41, 5.74) is 3.90. The lowest BCUT2D eigenvalue weighted by atomic mass is 9.87. The van der Waals surface area contributed by atoms with Crippen LogP contribution in [0.5, 0.6) is 5.75 Å². The molecule has 3 aromatic carbocycles. The number of benzene rings is 3. The first-order chi connectivity index (χ1) is 11.3. The summed E-state index contributed by atoms with van der Waals surface area (Å²) >= 11 is 0. The van der Waals surface area contributed by atoms with Gasteiger partial charge in [-0.25, -0.2) is 0 Å². The van der Waals surface area contributed by atoms with E-state index in [1.807, 2.05) is 0 Å². The lowest BCUT2D eigenvalue weighted by molar-refractivity contribution is 0.154. The van der Waals surface area contributed by atoms with E-state index in [-0.39, 0.29) is 11.0 Å². The zero-order chi connectivity index (χ0) is 15.2. The maximum Gasteiger partial charge on any atom is 0.152 e. The number of rotatable bonds is 0. The molecule has 0 bridgehead atoms. The fourth-order valence-electron chi connectivity index (χ4n) is 5.08. The first kappa shape index (κ1) is 12.0. The summed E-state index contributed by atoms with van der Waals surface area (Å²) < 4.78 is 6.66. The largest absolute Gasteiger partial charge is 0.481 e. The second kappa shape index (κ2) is 3.51. The molecule has 1 nitrogen and oxygen atoms in total. The highest BCUT2D eigenvalue weighted by Crippen LogP contribution is 2.82. The van der Waals surface area contributed by atoms with Crippen molar-refractivity contribution in [2.45, 2.75) is 18.4 Å². The topological polar surface area (TPSA) is 9.23 Å². The Labute approximate surface area is 135 Å². The Morgan fingerprint density at radius 2 is 1.74 bits per heavy atom. The maximum atomic E-state index is 6.66. The van der Waals surface area contributed by atoms with E-state index >= 15 is 0 Å². The highest BCUT2D eigenvalue weighted by atomic mass is 16.5. The van der Waals surface area contributed by atoms with Gasteiger partial charge >= 0.3 is 0 Å². The van der Waals surface area contributed by atoms with E-state index in [0.29, 0.717) is 5.92 Å². The molecule has 1 fully saturated rings. The first-order valence-corrected chi connectivity index (χ1v) is 8.25. The van der Waals surface area contributed by atoms with Gasteiger partial charge in [-0.3, -0.25) is 0 Å². The second-order valence-corrected chi connectivity index (χ2v) is 7.17. The van der Waals surface area contributed by atoms with Crippen LogP contribution in [-0.2, 0) is 5.60 Å². The third-order valence-electron chi connectivity index (χ3n) is 6.18. The molecule has 3 aromatic rings. The van der Waals surface area contributed by atoms with Crippen molar-refractivity contribution in [2.75, 3.05) is 0 Å². The monoisotopic (exact) mass is 296 g/mol. The average molecular weight is 296 g/mol. The van der Waals surface area contributed by atoms with Crippen molar-refractivity contribution in [1.82, 2.24) is 0 Å². The smallest absolute Gasteiger partial charge is 0.152 e. The van der Waals surface area contributed by atoms with E-state index in [4.69, 9.17) is 4.74 Å². The Morgan fingerprint density at radius 3 is 2.70 bits per heavy atom. The molecule has 0 radical (unpaired) electrons. The van der Waals surface area contributed by atoms with E-state index < -0.39 is 0 Å². The van der Waals surface area contributed by atoms with Gasteiger partial charge in [-0.15, -0.1) is 0 Å². The summed E-state index contributed by atoms with van der Waals surface area (Å²) in [6.45, 7) is 2.34. The second-order valence-electron chi connectivity index (χ2n) is 7.17. The summed E-state index contributed by atoms with van der Waals surface area (Å²) in [5, 5.41) is 2.64. The average Bonchev–Trinajstić information content (AvgIpc) is 2.96. The lowest BCUT2D eigenvalue weighted by Crippen LogP contribution is -2.25. The quantitative estimate of drug-likeness (QED) is 0.550. The molecular formula is C22H16O. The number of hydrogen-bond donors (Lipinski definition) is 0. The van der Waals surface area contributed by atoms with Crippen molar-refractivity contribution >= 4 is 16.8 Å². The molecule has 1 heteroatoms. The molecule has 1 saturated carbocycles. The Bertz CT molecular complexity index is 1030. The van der Waals surface area contributed by atoms with Crippen LogP contribution >= 0.6 is 0 Å². The first-order valence-electron chi connectivity index (χ1n) is 8.25. The molecule has 0 N–H and O–H groups in total. The minimum absolute atomic E-state index is 0.0679. The van der Waals surface area contributed by atoms with Gasteiger partial charge < -0.3 is 4.74 Å². The van der Waals surface area contributed by atoms with Crippen LogP contribution in [0.1, 0.15) is 29.5 Å². The van der Waals surface area contributed by atoms with E-state index in [2.05, 4.69) is 79.7 Å². The fourth-order valence-corrected chi connectivity index (χ4v) is 5.08. The molecule has 23 heavy (non-hydrogen) atoms. The van der Waals surface area contributed by atoms with Crippen molar-refractivity contribution in [1.29, 1.82) is 0 Å². The molecule has 0 saturated heterocycles. The van der Waals surface area contributed by atoms with Crippen molar-refractivity contribution in [3.8, 4) is 5.75 Å². The predicted octanol–water partition coefficient (Wildman–Crippen LogP) is 5.26. The fraction of sp³-hybridized carbons (Fsp3) is 0.182. The maximum absolute atomic E-state index is 6.66. The molecule has 0 amide bonds. The molecular weight excluding hydrogens is 280 g/mol. The summed E-state index contributed by atoms with van der Waals surface area (Å²) in [7, 11) is 0. The predicted molar refractivity (Wildman–Crippen MR) is 92.6 cm³/mol. The minimum atomic E-state index is -0.204. The highest BCUT2D eigenvalue weighted by molar-refractivity contribution is 5.91. The normalized spacial score (nSPS) is 31.8. The van der Waals surface area contributed by atoms with Crippen LogP contribution in [0.3, 0.4) is 0 Å². The molecule has 1 heterocycles. The molecule has 1 aliphatic heterocycles. The van der Waals surface area contributed by atoms with E-state index in [0.717, 1.165) is 5.75 Å². The highest BCUT2D eigenvalue weighted by Gasteiger charge is 2.81. The van der Waals surface area contributed by atoms with Crippen LogP contribution in [0.4, 0.5) is 0 Å². The SMILES string of the molecule is C[C@@]12C=Cc3ccccc3[C@@]13Oc1ccc4ccccc4c1C23. The van der Waals surface area contributed by atoms with Crippen LogP contribution in [0, 0.1) is 5.41 Å². The molecule has 1 unspecified atom stereocenters. The molecule has 3 atom stereocenters. The number of hydrogen-bond acceptors (Lipinski definition) is 1. The standard InChI is InChI=1S/C22H16O/c1-21-13-12-15-7-3-5-9-17(15)22(21)20(21)19-16-8-4-2-6-14(16)10-11-18(19)23-22/h2-13,20H,1H3/t20?,21-,22-/m0/s1. The van der Waals surface area contributed by atoms with Gasteiger partial charge in [-0.1, -0.05) is 73.7 Å². The third kappa shape index (κ3) is 1.13. The Morgan fingerprint density at radius 1 is 0.913 bits per heavy atom. The minimum Gasteiger partial charge on any atom is -0.481 e. The van der Waals surface area contributed by atoms with Crippen molar-refractivity contribution < 1.29 is 4.74 Å². The lowest BCUT2D eigenvalue weighted by Gasteiger charge is -2.27. The van der Waals surface area contributed by atoms with Crippen LogP contribution in [-0.4, -0.2) is 0 Å².